The smallest absolute Gasteiger partial charge is 0.122 e. The topological polar surface area (TPSA) is 40.5 Å². The molecule has 0 heterocycles. The second-order valence-electron chi connectivity index (χ2n) is 9.39. The molecule has 1 saturated carbocycles. The maximum Gasteiger partial charge on any atom is 0.122 e. The first kappa shape index (κ1) is 19.1. The highest BCUT2D eigenvalue weighted by Gasteiger charge is 2.35. The highest BCUT2D eigenvalue weighted by atomic mass is 16.3. The molecule has 0 unspecified atom stereocenters. The van der Waals surface area contributed by atoms with Gasteiger partial charge in [-0.15, -0.1) is 0 Å². The molecule has 1 aliphatic rings. The number of hydrogen-bond acceptors (Lipinski definition) is 2. The zero-order chi connectivity index (χ0) is 17.8. The Hall–Kier alpha value is -1.18. The number of phenolic OH excluding ortho intramolecular Hbond substituents is 2. The van der Waals surface area contributed by atoms with Gasteiger partial charge < -0.3 is 10.2 Å². The second-order valence-corrected chi connectivity index (χ2v) is 9.39. The zero-order valence-corrected chi connectivity index (χ0v) is 16.1. The third-order valence-electron chi connectivity index (χ3n) is 5.49. The number of unbranched alkanes of at least 4 members (excludes halogenated alkanes) is 2. The summed E-state index contributed by atoms with van der Waals surface area (Å²) in [5, 5.41) is 20.1. The van der Waals surface area contributed by atoms with Crippen molar-refractivity contribution in [1.82, 2.24) is 0 Å². The van der Waals surface area contributed by atoms with Crippen LogP contribution in [0.4, 0.5) is 0 Å². The fourth-order valence-electron chi connectivity index (χ4n) is 3.50. The van der Waals surface area contributed by atoms with Crippen molar-refractivity contribution in [1.29, 1.82) is 0 Å². The molecular formula is C22H36O2. The van der Waals surface area contributed by atoms with Gasteiger partial charge in [-0.1, -0.05) is 40.5 Å². The highest BCUT2D eigenvalue weighted by Crippen LogP contribution is 2.49. The molecule has 0 bridgehead atoms. The van der Waals surface area contributed by atoms with E-state index < -0.39 is 0 Å². The van der Waals surface area contributed by atoms with E-state index >= 15 is 0 Å². The van der Waals surface area contributed by atoms with Crippen molar-refractivity contribution in [3.05, 3.63) is 23.3 Å². The molecule has 0 radical (unpaired) electrons. The van der Waals surface area contributed by atoms with Crippen LogP contribution >= 0.6 is 0 Å². The molecule has 1 fully saturated rings. The summed E-state index contributed by atoms with van der Waals surface area (Å²) < 4.78 is 0. The lowest BCUT2D eigenvalue weighted by atomic mass is 9.88. The number of hydrogen-bond donors (Lipinski definition) is 2. The molecule has 0 spiro atoms. The third kappa shape index (κ3) is 6.37. The first-order valence-electron chi connectivity index (χ1n) is 9.72. The molecule has 2 N–H and O–H groups in total. The van der Waals surface area contributed by atoms with E-state index in [1.807, 2.05) is 6.07 Å². The molecular weight excluding hydrogens is 296 g/mol. The van der Waals surface area contributed by atoms with Gasteiger partial charge in [-0.3, -0.25) is 0 Å². The maximum atomic E-state index is 10.3. The molecule has 1 aromatic rings. The Kier molecular flexibility index (Phi) is 6.22. The Labute approximate surface area is 148 Å². The summed E-state index contributed by atoms with van der Waals surface area (Å²) in [5.41, 5.74) is 3.19. The monoisotopic (exact) mass is 332 g/mol. The molecule has 1 aromatic carbocycles. The van der Waals surface area contributed by atoms with Crippen LogP contribution in [0.15, 0.2) is 12.1 Å². The highest BCUT2D eigenvalue weighted by molar-refractivity contribution is 5.45. The number of aryl methyl sites for hydroxylation is 1. The Morgan fingerprint density at radius 2 is 1.62 bits per heavy atom. The fourth-order valence-corrected chi connectivity index (χ4v) is 3.50. The minimum atomic E-state index is 0.190. The van der Waals surface area contributed by atoms with Crippen LogP contribution in [0.5, 0.6) is 11.5 Å². The molecule has 2 nitrogen and oxygen atoms in total. The van der Waals surface area contributed by atoms with E-state index in [4.69, 9.17) is 0 Å². The van der Waals surface area contributed by atoms with Crippen LogP contribution in [0.25, 0.3) is 0 Å². The molecule has 0 amide bonds. The minimum absolute atomic E-state index is 0.190. The number of aromatic hydroxyl groups is 2. The largest absolute Gasteiger partial charge is 0.508 e. The van der Waals surface area contributed by atoms with Gasteiger partial charge in [-0.25, -0.2) is 0 Å². The van der Waals surface area contributed by atoms with Crippen molar-refractivity contribution in [2.24, 2.45) is 10.8 Å². The molecule has 136 valence electrons. The van der Waals surface area contributed by atoms with Crippen molar-refractivity contribution in [3.63, 3.8) is 0 Å². The molecule has 24 heavy (non-hydrogen) atoms. The molecule has 1 aliphatic carbocycles. The van der Waals surface area contributed by atoms with Crippen LogP contribution in [-0.4, -0.2) is 10.2 Å². The lowest BCUT2D eigenvalue weighted by Crippen LogP contribution is -2.05. The predicted molar refractivity (Wildman–Crippen MR) is 102 cm³/mol. The van der Waals surface area contributed by atoms with Crippen LogP contribution in [-0.2, 0) is 12.8 Å². The molecule has 2 rings (SSSR count). The average molecular weight is 333 g/mol. The van der Waals surface area contributed by atoms with Crippen LogP contribution in [0.1, 0.15) is 90.2 Å². The standard InChI is InChI=1S/C22H36O2/c1-21(2,3)11-7-6-10-19-17(15-18(23)16-20(19)24)9-5-8-12-22(4)13-14-22/h15-16,23-24H,5-14H2,1-4H3. The summed E-state index contributed by atoms with van der Waals surface area (Å²) in [6.45, 7) is 9.21. The fraction of sp³-hybridized carbons (Fsp3) is 0.727. The average Bonchev–Trinajstić information content (AvgIpc) is 3.18. The Morgan fingerprint density at radius 3 is 2.25 bits per heavy atom. The third-order valence-corrected chi connectivity index (χ3v) is 5.49. The lowest BCUT2D eigenvalue weighted by molar-refractivity contribution is 0.359. The van der Waals surface area contributed by atoms with Gasteiger partial charge in [-0.05, 0) is 79.4 Å². The molecule has 0 aromatic heterocycles. The lowest BCUT2D eigenvalue weighted by Gasteiger charge is -2.18. The van der Waals surface area contributed by atoms with Gasteiger partial charge in [0.1, 0.15) is 11.5 Å². The minimum Gasteiger partial charge on any atom is -0.508 e. The first-order chi connectivity index (χ1) is 11.2. The molecule has 0 atom stereocenters. The van der Waals surface area contributed by atoms with Crippen molar-refractivity contribution in [3.8, 4) is 11.5 Å². The Morgan fingerprint density at radius 1 is 0.958 bits per heavy atom. The van der Waals surface area contributed by atoms with Crippen LogP contribution in [0.3, 0.4) is 0 Å². The number of phenols is 2. The van der Waals surface area contributed by atoms with Crippen molar-refractivity contribution in [2.75, 3.05) is 0 Å². The van der Waals surface area contributed by atoms with Crippen molar-refractivity contribution in [2.45, 2.75) is 91.9 Å². The zero-order valence-electron chi connectivity index (χ0n) is 16.1. The summed E-state index contributed by atoms with van der Waals surface area (Å²) in [6.07, 6.45) is 11.9. The molecule has 2 heteroatoms. The van der Waals surface area contributed by atoms with Gasteiger partial charge in [0.2, 0.25) is 0 Å². The van der Waals surface area contributed by atoms with Gasteiger partial charge in [0.15, 0.2) is 0 Å². The van der Waals surface area contributed by atoms with Crippen molar-refractivity contribution >= 4 is 0 Å². The van der Waals surface area contributed by atoms with Gasteiger partial charge in [-0.2, -0.15) is 0 Å². The van der Waals surface area contributed by atoms with E-state index in [0.717, 1.165) is 36.8 Å². The molecule has 0 aliphatic heterocycles. The van der Waals surface area contributed by atoms with Crippen LogP contribution in [0.2, 0.25) is 0 Å². The molecule has 0 saturated heterocycles. The van der Waals surface area contributed by atoms with Crippen LogP contribution < -0.4 is 0 Å². The Bertz CT molecular complexity index is 536. The predicted octanol–water partition coefficient (Wildman–Crippen LogP) is 6.37. The Balaban J connectivity index is 1.87. The van der Waals surface area contributed by atoms with Gasteiger partial charge in [0.05, 0.1) is 0 Å². The van der Waals surface area contributed by atoms with E-state index in [2.05, 4.69) is 27.7 Å². The summed E-state index contributed by atoms with van der Waals surface area (Å²) in [7, 11) is 0. The summed E-state index contributed by atoms with van der Waals surface area (Å²) in [4.78, 5) is 0. The number of rotatable bonds is 9. The van der Waals surface area contributed by atoms with E-state index in [1.165, 1.54) is 44.6 Å². The maximum absolute atomic E-state index is 10.3. The number of benzene rings is 1. The second kappa shape index (κ2) is 7.80. The van der Waals surface area contributed by atoms with E-state index in [1.54, 1.807) is 0 Å². The first-order valence-corrected chi connectivity index (χ1v) is 9.72. The van der Waals surface area contributed by atoms with E-state index in [0.29, 0.717) is 10.8 Å². The normalized spacial score (nSPS) is 16.3. The van der Waals surface area contributed by atoms with E-state index in [-0.39, 0.29) is 11.5 Å². The van der Waals surface area contributed by atoms with Crippen molar-refractivity contribution < 1.29 is 10.2 Å². The van der Waals surface area contributed by atoms with Gasteiger partial charge >= 0.3 is 0 Å². The van der Waals surface area contributed by atoms with E-state index in [9.17, 15) is 10.2 Å². The summed E-state index contributed by atoms with van der Waals surface area (Å²) in [6, 6.07) is 3.35. The SMILES string of the molecule is CC(C)(C)CCCCc1c(O)cc(O)cc1CCCCC1(C)CC1. The van der Waals surface area contributed by atoms with Gasteiger partial charge in [0.25, 0.3) is 0 Å². The van der Waals surface area contributed by atoms with Crippen LogP contribution in [0, 0.1) is 10.8 Å². The van der Waals surface area contributed by atoms with Gasteiger partial charge in [0, 0.05) is 6.07 Å². The quantitative estimate of drug-likeness (QED) is 0.516. The summed E-state index contributed by atoms with van der Waals surface area (Å²) in [5.74, 6) is 0.463. The summed E-state index contributed by atoms with van der Waals surface area (Å²) >= 11 is 0.